The zero-order chi connectivity index (χ0) is 14.7. The number of carboxylic acid groups (broad SMARTS) is 1. The van der Waals surface area contributed by atoms with E-state index < -0.39 is 17.8 Å². The molecule has 0 aliphatic carbocycles. The normalized spacial score (nSPS) is 20.5. The van der Waals surface area contributed by atoms with Crippen molar-refractivity contribution in [1.82, 2.24) is 4.90 Å². The van der Waals surface area contributed by atoms with Crippen LogP contribution in [0.2, 0.25) is 0 Å². The Kier molecular flexibility index (Phi) is 4.37. The molecule has 1 saturated heterocycles. The lowest BCUT2D eigenvalue weighted by Gasteiger charge is -2.32. The summed E-state index contributed by atoms with van der Waals surface area (Å²) in [6, 6.07) is 5.97. The van der Waals surface area contributed by atoms with Gasteiger partial charge in [0.15, 0.2) is 0 Å². The highest BCUT2D eigenvalue weighted by molar-refractivity contribution is 5.84. The zero-order valence-corrected chi connectivity index (χ0v) is 11.4. The Balaban J connectivity index is 2.08. The fourth-order valence-corrected chi connectivity index (χ4v) is 2.57. The van der Waals surface area contributed by atoms with Crippen molar-refractivity contribution in [2.75, 3.05) is 13.1 Å². The molecule has 2 rings (SSSR count). The molecule has 0 unspecified atom stereocenters. The van der Waals surface area contributed by atoms with E-state index in [0.29, 0.717) is 24.9 Å². The van der Waals surface area contributed by atoms with E-state index in [-0.39, 0.29) is 18.3 Å². The summed E-state index contributed by atoms with van der Waals surface area (Å²) in [4.78, 5) is 25.0. The predicted molar refractivity (Wildman–Crippen MR) is 71.8 cm³/mol. The van der Waals surface area contributed by atoms with E-state index in [4.69, 9.17) is 5.11 Å². The molecule has 2 atom stereocenters. The van der Waals surface area contributed by atoms with E-state index in [9.17, 15) is 14.0 Å². The summed E-state index contributed by atoms with van der Waals surface area (Å²) < 4.78 is 13.2. The minimum atomic E-state index is -0.860. The third-order valence-corrected chi connectivity index (χ3v) is 3.80. The van der Waals surface area contributed by atoms with Gasteiger partial charge in [-0.15, -0.1) is 0 Å². The van der Waals surface area contributed by atoms with Crippen LogP contribution in [0.4, 0.5) is 4.39 Å². The summed E-state index contributed by atoms with van der Waals surface area (Å²) in [6.07, 6.45) is 1.30. The van der Waals surface area contributed by atoms with Crippen LogP contribution in [0.1, 0.15) is 31.2 Å². The van der Waals surface area contributed by atoms with E-state index in [1.165, 1.54) is 12.1 Å². The largest absolute Gasteiger partial charge is 0.481 e. The van der Waals surface area contributed by atoms with Crippen molar-refractivity contribution in [3.63, 3.8) is 0 Å². The van der Waals surface area contributed by atoms with Gasteiger partial charge in [-0.1, -0.05) is 12.1 Å². The highest BCUT2D eigenvalue weighted by Crippen LogP contribution is 2.23. The highest BCUT2D eigenvalue weighted by atomic mass is 19.1. The molecule has 0 spiro atoms. The second-order valence-corrected chi connectivity index (χ2v) is 5.24. The summed E-state index contributed by atoms with van der Waals surface area (Å²) in [5.41, 5.74) is 0.618. The topological polar surface area (TPSA) is 57.6 Å². The Hall–Kier alpha value is -1.91. The summed E-state index contributed by atoms with van der Waals surface area (Å²) in [5, 5.41) is 9.04. The van der Waals surface area contributed by atoms with Crippen molar-refractivity contribution >= 4 is 11.9 Å². The summed E-state index contributed by atoms with van der Waals surface area (Å²) in [6.45, 7) is 2.54. The number of carbonyl (C=O) groups excluding carboxylic acids is 1. The van der Waals surface area contributed by atoms with Gasteiger partial charge in [-0.3, -0.25) is 9.59 Å². The van der Waals surface area contributed by atoms with Gasteiger partial charge < -0.3 is 10.0 Å². The third kappa shape index (κ3) is 3.15. The number of piperidine rings is 1. The molecule has 1 N–H and O–H groups in total. The minimum Gasteiger partial charge on any atom is -0.481 e. The minimum absolute atomic E-state index is 0.137. The number of hydrogen-bond acceptors (Lipinski definition) is 2. The van der Waals surface area contributed by atoms with E-state index in [2.05, 4.69) is 0 Å². The lowest BCUT2D eigenvalue weighted by Crippen LogP contribution is -2.43. The van der Waals surface area contributed by atoms with Gasteiger partial charge in [-0.05, 0) is 37.5 Å². The molecule has 1 heterocycles. The fraction of sp³-hybridized carbons (Fsp3) is 0.467. The van der Waals surface area contributed by atoms with Crippen LogP contribution in [0.3, 0.4) is 0 Å². The predicted octanol–water partition coefficient (Wildman–Crippen LogP) is 2.25. The maximum absolute atomic E-state index is 13.2. The van der Waals surface area contributed by atoms with Crippen LogP contribution < -0.4 is 0 Å². The molecule has 1 amide bonds. The molecule has 1 fully saturated rings. The van der Waals surface area contributed by atoms with Crippen LogP contribution in [0, 0.1) is 11.7 Å². The standard InChI is InChI=1S/C15H18FNO3/c1-10(11-4-2-6-13(16)8-11)14(18)17-7-3-5-12(9-17)15(19)20/h2,4,6,8,10,12H,3,5,7,9H2,1H3,(H,19,20)/t10-,12-/m0/s1. The van der Waals surface area contributed by atoms with Gasteiger partial charge in [0.25, 0.3) is 0 Å². The molecule has 5 heteroatoms. The number of nitrogens with zero attached hydrogens (tertiary/aromatic N) is 1. The van der Waals surface area contributed by atoms with E-state index in [1.54, 1.807) is 24.0 Å². The second-order valence-electron chi connectivity index (χ2n) is 5.24. The fourth-order valence-electron chi connectivity index (χ4n) is 2.57. The van der Waals surface area contributed by atoms with Crippen LogP contribution in [-0.2, 0) is 9.59 Å². The van der Waals surface area contributed by atoms with Crippen LogP contribution in [0.25, 0.3) is 0 Å². The van der Waals surface area contributed by atoms with Gasteiger partial charge >= 0.3 is 5.97 Å². The van der Waals surface area contributed by atoms with Crippen LogP contribution >= 0.6 is 0 Å². The monoisotopic (exact) mass is 279 g/mol. The number of carbonyl (C=O) groups is 2. The molecular weight excluding hydrogens is 261 g/mol. The average molecular weight is 279 g/mol. The number of likely N-dealkylation sites (tertiary alicyclic amines) is 1. The van der Waals surface area contributed by atoms with Gasteiger partial charge in [0.05, 0.1) is 11.8 Å². The summed E-state index contributed by atoms with van der Waals surface area (Å²) in [7, 11) is 0. The highest BCUT2D eigenvalue weighted by Gasteiger charge is 2.30. The van der Waals surface area contributed by atoms with Crippen LogP contribution in [0.5, 0.6) is 0 Å². The molecule has 1 aliphatic heterocycles. The Morgan fingerprint density at radius 2 is 2.20 bits per heavy atom. The Bertz CT molecular complexity index is 518. The Labute approximate surface area is 117 Å². The molecule has 0 radical (unpaired) electrons. The number of aliphatic carboxylic acids is 1. The molecule has 1 aliphatic rings. The van der Waals surface area contributed by atoms with Crippen molar-refractivity contribution in [1.29, 1.82) is 0 Å². The van der Waals surface area contributed by atoms with Crippen molar-refractivity contribution < 1.29 is 19.1 Å². The Morgan fingerprint density at radius 1 is 1.45 bits per heavy atom. The number of carboxylic acids is 1. The van der Waals surface area contributed by atoms with E-state index >= 15 is 0 Å². The van der Waals surface area contributed by atoms with Gasteiger partial charge in [-0.25, -0.2) is 4.39 Å². The Morgan fingerprint density at radius 3 is 2.85 bits per heavy atom. The molecule has 20 heavy (non-hydrogen) atoms. The number of rotatable bonds is 3. The van der Waals surface area contributed by atoms with Gasteiger partial charge in [0, 0.05) is 13.1 Å². The lowest BCUT2D eigenvalue weighted by molar-refractivity contribution is -0.146. The number of amides is 1. The first kappa shape index (κ1) is 14.5. The van der Waals surface area contributed by atoms with Crippen molar-refractivity contribution in [3.05, 3.63) is 35.6 Å². The molecular formula is C15H18FNO3. The van der Waals surface area contributed by atoms with E-state index in [0.717, 1.165) is 0 Å². The average Bonchev–Trinajstić information content (AvgIpc) is 2.45. The molecule has 0 saturated carbocycles. The third-order valence-electron chi connectivity index (χ3n) is 3.80. The zero-order valence-electron chi connectivity index (χ0n) is 11.4. The molecule has 1 aromatic rings. The maximum atomic E-state index is 13.2. The molecule has 0 aromatic heterocycles. The quantitative estimate of drug-likeness (QED) is 0.923. The van der Waals surface area contributed by atoms with Crippen molar-refractivity contribution in [2.24, 2.45) is 5.92 Å². The first-order valence-corrected chi connectivity index (χ1v) is 6.76. The van der Waals surface area contributed by atoms with Crippen molar-refractivity contribution in [2.45, 2.75) is 25.7 Å². The molecule has 4 nitrogen and oxygen atoms in total. The first-order chi connectivity index (χ1) is 9.49. The molecule has 1 aromatic carbocycles. The van der Waals surface area contributed by atoms with Crippen molar-refractivity contribution in [3.8, 4) is 0 Å². The summed E-state index contributed by atoms with van der Waals surface area (Å²) >= 11 is 0. The lowest BCUT2D eigenvalue weighted by atomic mass is 9.94. The van der Waals surface area contributed by atoms with Gasteiger partial charge in [-0.2, -0.15) is 0 Å². The maximum Gasteiger partial charge on any atom is 0.308 e. The van der Waals surface area contributed by atoms with Gasteiger partial charge in [0.1, 0.15) is 5.82 Å². The summed E-state index contributed by atoms with van der Waals surface area (Å²) in [5.74, 6) is -2.32. The van der Waals surface area contributed by atoms with Gasteiger partial charge in [0.2, 0.25) is 5.91 Å². The smallest absolute Gasteiger partial charge is 0.308 e. The SMILES string of the molecule is C[C@H](C(=O)N1CCC[C@H](C(=O)O)C1)c1cccc(F)c1. The van der Waals surface area contributed by atoms with Crippen LogP contribution in [0.15, 0.2) is 24.3 Å². The van der Waals surface area contributed by atoms with Crippen LogP contribution in [-0.4, -0.2) is 35.0 Å². The number of benzene rings is 1. The number of hydrogen-bond donors (Lipinski definition) is 1. The molecule has 108 valence electrons. The van der Waals surface area contributed by atoms with E-state index in [1.807, 2.05) is 0 Å². The first-order valence-electron chi connectivity index (χ1n) is 6.76. The second kappa shape index (κ2) is 6.03. The molecule has 0 bridgehead atoms. The number of halogens is 1.